The third-order valence-electron chi connectivity index (χ3n) is 7.88. The number of nitrogens with zero attached hydrogens (tertiary/aromatic N) is 6. The van der Waals surface area contributed by atoms with Gasteiger partial charge in [0.15, 0.2) is 5.82 Å². The lowest BCUT2D eigenvalue weighted by Crippen LogP contribution is -2.46. The molecule has 0 atom stereocenters. The van der Waals surface area contributed by atoms with Crippen LogP contribution in [0.4, 0.5) is 11.4 Å². The number of anilines is 1. The summed E-state index contributed by atoms with van der Waals surface area (Å²) in [7, 11) is 4.40. The summed E-state index contributed by atoms with van der Waals surface area (Å²) >= 11 is 13.3. The first-order valence-electron chi connectivity index (χ1n) is 14.0. The molecule has 2 aromatic carbocycles. The quantitative estimate of drug-likeness (QED) is 0.170. The number of nitro groups is 1. The van der Waals surface area contributed by atoms with Gasteiger partial charge in [0.1, 0.15) is 28.6 Å². The van der Waals surface area contributed by atoms with Gasteiger partial charge in [-0.25, -0.2) is 9.97 Å². The van der Waals surface area contributed by atoms with Gasteiger partial charge >= 0.3 is 0 Å². The number of nitro benzene ring substituents is 1. The molecule has 14 heteroatoms. The minimum Gasteiger partial charge on any atom is -0.496 e. The van der Waals surface area contributed by atoms with Crippen molar-refractivity contribution in [3.05, 3.63) is 61.0 Å². The first kappa shape index (κ1) is 31.3. The van der Waals surface area contributed by atoms with E-state index in [4.69, 9.17) is 42.4 Å². The van der Waals surface area contributed by atoms with Crippen LogP contribution in [0.5, 0.6) is 17.2 Å². The van der Waals surface area contributed by atoms with Crippen LogP contribution in [-0.2, 0) is 6.54 Å². The van der Waals surface area contributed by atoms with Gasteiger partial charge in [0, 0.05) is 68.1 Å². The summed E-state index contributed by atoms with van der Waals surface area (Å²) in [5.41, 5.74) is 1.14. The molecule has 12 nitrogen and oxygen atoms in total. The van der Waals surface area contributed by atoms with Crippen LogP contribution in [0.25, 0.3) is 33.5 Å². The number of hydrogen-bond acceptors (Lipinski definition) is 10. The van der Waals surface area contributed by atoms with E-state index in [1.165, 1.54) is 32.0 Å². The monoisotopic (exact) mass is 642 g/mol. The predicted octanol–water partition coefficient (Wildman–Crippen LogP) is 5.53. The number of benzene rings is 2. The van der Waals surface area contributed by atoms with Crippen LogP contribution >= 0.6 is 23.2 Å². The number of ether oxygens (including phenoxy) is 3. The second kappa shape index (κ2) is 12.8. The maximum absolute atomic E-state index is 13.9. The van der Waals surface area contributed by atoms with Gasteiger partial charge in [-0.1, -0.05) is 30.1 Å². The van der Waals surface area contributed by atoms with Crippen molar-refractivity contribution in [3.8, 4) is 39.8 Å². The molecule has 232 valence electrons. The highest BCUT2D eigenvalue weighted by Crippen LogP contribution is 2.46. The zero-order valence-electron chi connectivity index (χ0n) is 25.0. The van der Waals surface area contributed by atoms with Crippen LogP contribution < -0.4 is 24.7 Å². The largest absolute Gasteiger partial charge is 0.496 e. The van der Waals surface area contributed by atoms with E-state index in [1.807, 2.05) is 4.90 Å². The van der Waals surface area contributed by atoms with E-state index in [1.54, 1.807) is 31.3 Å². The van der Waals surface area contributed by atoms with Crippen LogP contribution in [0, 0.1) is 10.1 Å². The number of piperazine rings is 1. The third-order valence-corrected chi connectivity index (χ3v) is 8.63. The molecule has 5 rings (SSSR count). The van der Waals surface area contributed by atoms with Crippen molar-refractivity contribution in [2.75, 3.05) is 59.0 Å². The Morgan fingerprint density at radius 1 is 0.886 bits per heavy atom. The molecule has 1 aliphatic heterocycles. The lowest BCUT2D eigenvalue weighted by molar-refractivity contribution is -0.384. The summed E-state index contributed by atoms with van der Waals surface area (Å²) in [5.74, 6) is 1.14. The predicted molar refractivity (Wildman–Crippen MR) is 171 cm³/mol. The van der Waals surface area contributed by atoms with Crippen LogP contribution in [0.2, 0.25) is 10.0 Å². The van der Waals surface area contributed by atoms with E-state index in [0.717, 1.165) is 19.6 Å². The summed E-state index contributed by atoms with van der Waals surface area (Å²) in [6.07, 6.45) is 1.55. The Hall–Kier alpha value is -4.13. The molecule has 0 bridgehead atoms. The van der Waals surface area contributed by atoms with Gasteiger partial charge in [-0.05, 0) is 19.5 Å². The Bertz CT molecular complexity index is 1780. The van der Waals surface area contributed by atoms with Crippen molar-refractivity contribution in [1.82, 2.24) is 19.4 Å². The Kier molecular flexibility index (Phi) is 9.14. The minimum atomic E-state index is -0.407. The topological polar surface area (TPSA) is 125 Å². The maximum Gasteiger partial charge on any atom is 0.293 e. The second-order valence-electron chi connectivity index (χ2n) is 10.1. The van der Waals surface area contributed by atoms with Gasteiger partial charge in [0.2, 0.25) is 0 Å². The van der Waals surface area contributed by atoms with E-state index < -0.39 is 10.5 Å². The molecule has 1 saturated heterocycles. The SMILES string of the molecule is CCN1CCN(c2cc(OC)c(-c3ncc4cc(-c5c(Cl)c(OC)cc(OC)c5Cl)c(=O)n(CC)c4n3)cc2[N+](=O)[O-])CC1. The van der Waals surface area contributed by atoms with E-state index in [2.05, 4.69) is 16.8 Å². The highest BCUT2D eigenvalue weighted by Gasteiger charge is 2.28. The van der Waals surface area contributed by atoms with Gasteiger partial charge in [0.25, 0.3) is 11.2 Å². The molecule has 0 aliphatic carbocycles. The van der Waals surface area contributed by atoms with Crippen molar-refractivity contribution in [2.45, 2.75) is 20.4 Å². The van der Waals surface area contributed by atoms with Crippen molar-refractivity contribution < 1.29 is 19.1 Å². The number of fused-ring (bicyclic) bond motifs is 1. The maximum atomic E-state index is 13.9. The van der Waals surface area contributed by atoms with Gasteiger partial charge in [-0.15, -0.1) is 0 Å². The van der Waals surface area contributed by atoms with Crippen molar-refractivity contribution in [1.29, 1.82) is 0 Å². The fourth-order valence-electron chi connectivity index (χ4n) is 5.49. The number of rotatable bonds is 9. The van der Waals surface area contributed by atoms with E-state index in [9.17, 15) is 14.9 Å². The van der Waals surface area contributed by atoms with Gasteiger partial charge < -0.3 is 24.0 Å². The van der Waals surface area contributed by atoms with Crippen molar-refractivity contribution >= 4 is 45.6 Å². The summed E-state index contributed by atoms with van der Waals surface area (Å²) in [6, 6.07) is 6.26. The Balaban J connectivity index is 1.67. The first-order valence-corrected chi connectivity index (χ1v) is 14.8. The summed E-state index contributed by atoms with van der Waals surface area (Å²) in [5, 5.41) is 13.1. The third kappa shape index (κ3) is 5.49. The average molecular weight is 644 g/mol. The van der Waals surface area contributed by atoms with Crippen LogP contribution in [0.3, 0.4) is 0 Å². The molecular weight excluding hydrogens is 611 g/mol. The highest BCUT2D eigenvalue weighted by molar-refractivity contribution is 6.41. The summed E-state index contributed by atoms with van der Waals surface area (Å²) in [4.78, 5) is 39.3. The summed E-state index contributed by atoms with van der Waals surface area (Å²) in [6.45, 7) is 8.01. The molecule has 0 N–H and O–H groups in total. The number of halogens is 2. The fourth-order valence-corrected chi connectivity index (χ4v) is 6.19. The lowest BCUT2D eigenvalue weighted by Gasteiger charge is -2.35. The van der Waals surface area contributed by atoms with Gasteiger partial charge in [-0.3, -0.25) is 19.5 Å². The number of methoxy groups -OCH3 is 3. The van der Waals surface area contributed by atoms with Crippen LogP contribution in [0.1, 0.15) is 13.8 Å². The molecule has 0 saturated carbocycles. The Morgan fingerprint density at radius 2 is 1.52 bits per heavy atom. The average Bonchev–Trinajstić information content (AvgIpc) is 3.04. The molecular formula is C30H32Cl2N6O6. The lowest BCUT2D eigenvalue weighted by atomic mass is 10.0. The standard InChI is InChI=1S/C30H32Cl2N6O6/c1-6-35-8-10-36(11-9-35)20-14-22(42-3)18(13-21(20)38(40)41)28-33-16-17-12-19(30(39)37(7-2)29(17)34-28)25-26(31)23(43-4)15-24(44-5)27(25)32/h12-16H,6-11H2,1-5H3. The molecule has 1 aliphatic rings. The fraction of sp³-hybridized carbons (Fsp3) is 0.367. The molecule has 3 heterocycles. The Morgan fingerprint density at radius 3 is 2.07 bits per heavy atom. The summed E-state index contributed by atoms with van der Waals surface area (Å²) < 4.78 is 17.9. The molecule has 2 aromatic heterocycles. The van der Waals surface area contributed by atoms with E-state index >= 15 is 0 Å². The number of likely N-dealkylation sites (N-methyl/N-ethyl adjacent to an activating group) is 1. The molecule has 0 radical (unpaired) electrons. The molecule has 0 unspecified atom stereocenters. The van der Waals surface area contributed by atoms with E-state index in [-0.39, 0.29) is 39.2 Å². The van der Waals surface area contributed by atoms with Crippen molar-refractivity contribution in [2.24, 2.45) is 0 Å². The van der Waals surface area contributed by atoms with Gasteiger partial charge in [-0.2, -0.15) is 0 Å². The van der Waals surface area contributed by atoms with Gasteiger partial charge in [0.05, 0.1) is 47.4 Å². The highest BCUT2D eigenvalue weighted by atomic mass is 35.5. The molecule has 44 heavy (non-hydrogen) atoms. The normalized spacial score (nSPS) is 13.8. The number of aryl methyl sites for hydroxylation is 1. The molecule has 0 spiro atoms. The molecule has 1 fully saturated rings. The number of pyridine rings is 1. The Labute approximate surface area is 263 Å². The molecule has 0 amide bonds. The zero-order chi connectivity index (χ0) is 31.7. The second-order valence-corrected chi connectivity index (χ2v) is 10.8. The minimum absolute atomic E-state index is 0.0751. The van der Waals surface area contributed by atoms with Crippen LogP contribution in [0.15, 0.2) is 35.3 Å². The zero-order valence-corrected chi connectivity index (χ0v) is 26.5. The number of hydrogen-bond donors (Lipinski definition) is 0. The first-order chi connectivity index (χ1) is 21.2. The number of aromatic nitrogens is 3. The van der Waals surface area contributed by atoms with Crippen LogP contribution in [-0.4, -0.2) is 78.4 Å². The molecule has 4 aromatic rings. The van der Waals surface area contributed by atoms with E-state index in [0.29, 0.717) is 52.6 Å². The van der Waals surface area contributed by atoms with Crippen molar-refractivity contribution in [3.63, 3.8) is 0 Å². The smallest absolute Gasteiger partial charge is 0.293 e.